The van der Waals surface area contributed by atoms with Crippen molar-refractivity contribution < 1.29 is 4.79 Å². The van der Waals surface area contributed by atoms with E-state index in [1.165, 1.54) is 16.7 Å². The molecule has 1 aliphatic rings. The van der Waals surface area contributed by atoms with Gasteiger partial charge in [-0.15, -0.1) is 0 Å². The van der Waals surface area contributed by atoms with E-state index in [4.69, 9.17) is 0 Å². The highest BCUT2D eigenvalue weighted by Gasteiger charge is 2.38. The number of pyridine rings is 1. The van der Waals surface area contributed by atoms with Crippen molar-refractivity contribution in [2.24, 2.45) is 0 Å². The monoisotopic (exact) mass is 343 g/mol. The van der Waals surface area contributed by atoms with Crippen LogP contribution < -0.4 is 10.2 Å². The minimum atomic E-state index is -0.261. The fourth-order valence-corrected chi connectivity index (χ4v) is 3.77. The molecular weight excluding hydrogens is 322 g/mol. The first-order valence-corrected chi connectivity index (χ1v) is 8.73. The quantitative estimate of drug-likeness (QED) is 0.744. The molecule has 1 atom stereocenters. The Hall–Kier alpha value is -3.14. The van der Waals surface area contributed by atoms with Crippen LogP contribution in [0.2, 0.25) is 0 Å². The molecule has 0 aliphatic carbocycles. The molecule has 0 bridgehead atoms. The van der Waals surface area contributed by atoms with E-state index >= 15 is 0 Å². The molecule has 1 aromatic heterocycles. The third-order valence-electron chi connectivity index (χ3n) is 4.84. The third kappa shape index (κ3) is 2.64. The van der Waals surface area contributed by atoms with Gasteiger partial charge in [-0.25, -0.2) is 0 Å². The summed E-state index contributed by atoms with van der Waals surface area (Å²) in [4.78, 5) is 19.1. The summed E-state index contributed by atoms with van der Waals surface area (Å²) in [6, 6.07) is 15.9. The van der Waals surface area contributed by atoms with Crippen LogP contribution in [0, 0.1) is 20.8 Å². The number of carbonyl (C=O) groups excluding carboxylic acids is 1. The molecule has 0 fully saturated rings. The van der Waals surface area contributed by atoms with E-state index in [1.807, 2.05) is 36.4 Å². The van der Waals surface area contributed by atoms with E-state index in [-0.39, 0.29) is 12.1 Å². The molecule has 1 N–H and O–H groups in total. The first-order valence-electron chi connectivity index (χ1n) is 8.73. The lowest BCUT2D eigenvalue weighted by Crippen LogP contribution is -2.32. The van der Waals surface area contributed by atoms with Gasteiger partial charge >= 0.3 is 0 Å². The van der Waals surface area contributed by atoms with Crippen molar-refractivity contribution in [2.45, 2.75) is 26.9 Å². The highest BCUT2D eigenvalue weighted by molar-refractivity contribution is 6.11. The van der Waals surface area contributed by atoms with E-state index in [9.17, 15) is 4.79 Å². The number of hydrogen-bond donors (Lipinski definition) is 1. The number of hydrogen-bond acceptors (Lipinski definition) is 3. The van der Waals surface area contributed by atoms with Gasteiger partial charge in [0.15, 0.2) is 0 Å². The Morgan fingerprint density at radius 1 is 1.00 bits per heavy atom. The summed E-state index contributed by atoms with van der Waals surface area (Å²) in [6.07, 6.45) is 3.18. The highest BCUT2D eigenvalue weighted by atomic mass is 16.2. The van der Waals surface area contributed by atoms with Crippen molar-refractivity contribution in [3.05, 3.63) is 88.7 Å². The molecule has 0 radical (unpaired) electrons. The number of benzene rings is 2. The topological polar surface area (TPSA) is 45.2 Å². The van der Waals surface area contributed by atoms with Gasteiger partial charge in [-0.1, -0.05) is 35.9 Å². The number of nitrogens with one attached hydrogen (secondary N) is 1. The van der Waals surface area contributed by atoms with Crippen molar-refractivity contribution in [1.29, 1.82) is 0 Å². The lowest BCUT2D eigenvalue weighted by Gasteiger charge is -2.28. The Morgan fingerprint density at radius 2 is 1.73 bits per heavy atom. The molecule has 0 unspecified atom stereocenters. The number of rotatable bonds is 3. The molecule has 3 aromatic rings. The van der Waals surface area contributed by atoms with Crippen LogP contribution in [0.4, 0.5) is 11.4 Å². The fourth-order valence-electron chi connectivity index (χ4n) is 3.77. The number of fused-ring (bicyclic) bond motifs is 1. The van der Waals surface area contributed by atoms with E-state index in [0.717, 1.165) is 22.5 Å². The van der Waals surface area contributed by atoms with Gasteiger partial charge in [-0.2, -0.15) is 0 Å². The summed E-state index contributed by atoms with van der Waals surface area (Å²) < 4.78 is 0. The second-order valence-corrected chi connectivity index (χ2v) is 6.79. The molecule has 1 aliphatic heterocycles. The molecule has 0 saturated carbocycles. The smallest absolute Gasteiger partial charge is 0.260 e. The number of carbonyl (C=O) groups is 1. The molecule has 26 heavy (non-hydrogen) atoms. The second-order valence-electron chi connectivity index (χ2n) is 6.79. The van der Waals surface area contributed by atoms with Crippen LogP contribution in [-0.4, -0.2) is 10.9 Å². The lowest BCUT2D eigenvalue weighted by atomic mass is 10.0. The lowest BCUT2D eigenvalue weighted by molar-refractivity contribution is 0.0993. The molecule has 130 valence electrons. The first kappa shape index (κ1) is 16.3. The number of nitrogens with zero attached hydrogens (tertiary/aromatic N) is 2. The number of aromatic nitrogens is 1. The molecule has 0 spiro atoms. The van der Waals surface area contributed by atoms with Crippen LogP contribution in [-0.2, 0) is 0 Å². The molecule has 1 amide bonds. The zero-order valence-electron chi connectivity index (χ0n) is 15.2. The van der Waals surface area contributed by atoms with Crippen molar-refractivity contribution in [2.75, 3.05) is 10.2 Å². The average molecular weight is 343 g/mol. The van der Waals surface area contributed by atoms with Gasteiger partial charge in [0.05, 0.1) is 11.9 Å². The van der Waals surface area contributed by atoms with Crippen LogP contribution in [0.5, 0.6) is 0 Å². The Balaban J connectivity index is 1.82. The van der Waals surface area contributed by atoms with Crippen LogP contribution in [0.25, 0.3) is 0 Å². The van der Waals surface area contributed by atoms with Crippen LogP contribution in [0.15, 0.2) is 60.9 Å². The predicted octanol–water partition coefficient (Wildman–Crippen LogP) is 4.78. The molecule has 2 aromatic carbocycles. The number of anilines is 2. The van der Waals surface area contributed by atoms with E-state index in [1.54, 1.807) is 17.3 Å². The largest absolute Gasteiger partial charge is 0.361 e. The molecule has 2 heterocycles. The zero-order chi connectivity index (χ0) is 18.3. The zero-order valence-corrected chi connectivity index (χ0v) is 15.2. The molecule has 0 saturated heterocycles. The highest BCUT2D eigenvalue weighted by Crippen LogP contribution is 2.38. The molecule has 4 rings (SSSR count). The predicted molar refractivity (Wildman–Crippen MR) is 105 cm³/mol. The maximum Gasteiger partial charge on any atom is 0.260 e. The Morgan fingerprint density at radius 3 is 2.42 bits per heavy atom. The summed E-state index contributed by atoms with van der Waals surface area (Å²) in [5.41, 5.74) is 7.15. The summed E-state index contributed by atoms with van der Waals surface area (Å²) in [5.74, 6) is -0.00600. The first-order chi connectivity index (χ1) is 12.6. The van der Waals surface area contributed by atoms with Crippen LogP contribution >= 0.6 is 0 Å². The van der Waals surface area contributed by atoms with Gasteiger partial charge in [0.1, 0.15) is 6.17 Å². The summed E-state index contributed by atoms with van der Waals surface area (Å²) in [5, 5.41) is 3.62. The van der Waals surface area contributed by atoms with E-state index in [0.29, 0.717) is 0 Å². The average Bonchev–Trinajstić information content (AvgIpc) is 2.91. The van der Waals surface area contributed by atoms with Crippen LogP contribution in [0.1, 0.15) is 38.8 Å². The molecule has 4 nitrogen and oxygen atoms in total. The van der Waals surface area contributed by atoms with Crippen LogP contribution in [0.3, 0.4) is 0 Å². The number of amides is 1. The Kier molecular flexibility index (Phi) is 3.96. The summed E-state index contributed by atoms with van der Waals surface area (Å²) in [6.45, 7) is 6.29. The van der Waals surface area contributed by atoms with Crippen molar-refractivity contribution >= 4 is 17.3 Å². The standard InChI is InChI=1S/C22H21N3O/c1-14-11-15(2)20(16(3)12-14)24-21-18-8-4-5-9-19(18)22(26)25(21)17-7-6-10-23-13-17/h4-13,21,24H,1-3H3/t21-/m1/s1. The van der Waals surface area contributed by atoms with Gasteiger partial charge in [-0.05, 0) is 50.1 Å². The molecule has 4 heteroatoms. The second kappa shape index (κ2) is 6.30. The van der Waals surface area contributed by atoms with Gasteiger partial charge in [-0.3, -0.25) is 14.7 Å². The van der Waals surface area contributed by atoms with Gasteiger partial charge in [0.25, 0.3) is 5.91 Å². The van der Waals surface area contributed by atoms with Crippen molar-refractivity contribution in [3.8, 4) is 0 Å². The fraction of sp³-hybridized carbons (Fsp3) is 0.182. The number of aryl methyl sites for hydroxylation is 3. The molecular formula is C22H21N3O. The minimum absolute atomic E-state index is 0.00600. The summed E-state index contributed by atoms with van der Waals surface area (Å²) in [7, 11) is 0. The Labute approximate surface area is 153 Å². The van der Waals surface area contributed by atoms with Crippen molar-refractivity contribution in [1.82, 2.24) is 4.98 Å². The van der Waals surface area contributed by atoms with Gasteiger partial charge < -0.3 is 5.32 Å². The SMILES string of the molecule is Cc1cc(C)c(N[C@H]2c3ccccc3C(=O)N2c2cccnc2)c(C)c1. The third-order valence-corrected chi connectivity index (χ3v) is 4.84. The maximum absolute atomic E-state index is 13.1. The minimum Gasteiger partial charge on any atom is -0.361 e. The maximum atomic E-state index is 13.1. The summed E-state index contributed by atoms with van der Waals surface area (Å²) >= 11 is 0. The van der Waals surface area contributed by atoms with Crippen molar-refractivity contribution in [3.63, 3.8) is 0 Å². The van der Waals surface area contributed by atoms with E-state index in [2.05, 4.69) is 43.2 Å². The Bertz CT molecular complexity index is 959. The normalized spacial score (nSPS) is 15.9. The van der Waals surface area contributed by atoms with E-state index < -0.39 is 0 Å². The van der Waals surface area contributed by atoms with Gasteiger partial charge in [0.2, 0.25) is 0 Å². The van der Waals surface area contributed by atoms with Gasteiger partial charge in [0, 0.05) is 23.0 Å².